The summed E-state index contributed by atoms with van der Waals surface area (Å²) in [6.45, 7) is 1.39. The van der Waals surface area contributed by atoms with E-state index in [1.165, 1.54) is 18.2 Å². The van der Waals surface area contributed by atoms with Gasteiger partial charge in [-0.1, -0.05) is 6.07 Å². The number of aliphatic carboxylic acids is 1. The van der Waals surface area contributed by atoms with Gasteiger partial charge >= 0.3 is 12.0 Å². The number of carbonyl (C=O) groups excluding carboxylic acids is 1. The van der Waals surface area contributed by atoms with Crippen molar-refractivity contribution in [1.29, 1.82) is 0 Å². The van der Waals surface area contributed by atoms with Gasteiger partial charge in [0.1, 0.15) is 11.6 Å². The normalized spacial score (nSPS) is 15.3. The Morgan fingerprint density at radius 3 is 2.42 bits per heavy atom. The van der Waals surface area contributed by atoms with Crippen LogP contribution in [0.3, 0.4) is 0 Å². The molecule has 7 heteroatoms. The minimum absolute atomic E-state index is 0.0244. The van der Waals surface area contributed by atoms with E-state index < -0.39 is 17.6 Å². The van der Waals surface area contributed by atoms with Gasteiger partial charge in [-0.15, -0.1) is 0 Å². The number of hydrogen-bond donors (Lipinski definition) is 2. The lowest BCUT2D eigenvalue weighted by Gasteiger charge is -2.32. The highest BCUT2D eigenvalue weighted by Gasteiger charge is 2.24. The fraction of sp³-hybridized carbons (Fsp3) is 0.529. The molecule has 5 nitrogen and oxygen atoms in total. The molecule has 0 radical (unpaired) electrons. The number of benzene rings is 1. The molecule has 1 fully saturated rings. The lowest BCUT2D eigenvalue weighted by Crippen LogP contribution is -2.45. The predicted octanol–water partition coefficient (Wildman–Crippen LogP) is 2.79. The zero-order chi connectivity index (χ0) is 17.5. The first-order valence-electron chi connectivity index (χ1n) is 8.15. The molecule has 0 saturated carbocycles. The van der Waals surface area contributed by atoms with Crippen LogP contribution >= 0.6 is 0 Å². The smallest absolute Gasteiger partial charge is 0.317 e. The number of nitrogens with zero attached hydrogens (tertiary/aromatic N) is 1. The molecule has 0 unspecified atom stereocenters. The van der Waals surface area contributed by atoms with Crippen molar-refractivity contribution < 1.29 is 23.5 Å². The van der Waals surface area contributed by atoms with E-state index in [0.717, 1.165) is 0 Å². The largest absolute Gasteiger partial charge is 0.481 e. The molecule has 2 N–H and O–H groups in total. The molecule has 1 heterocycles. The van der Waals surface area contributed by atoms with Crippen LogP contribution in [-0.2, 0) is 11.2 Å². The molecule has 132 valence electrons. The number of amides is 2. The van der Waals surface area contributed by atoms with Gasteiger partial charge in [-0.05, 0) is 43.7 Å². The molecule has 24 heavy (non-hydrogen) atoms. The van der Waals surface area contributed by atoms with Gasteiger partial charge in [-0.25, -0.2) is 13.6 Å². The van der Waals surface area contributed by atoms with E-state index in [2.05, 4.69) is 5.32 Å². The van der Waals surface area contributed by atoms with E-state index >= 15 is 0 Å². The van der Waals surface area contributed by atoms with Gasteiger partial charge < -0.3 is 15.3 Å². The van der Waals surface area contributed by atoms with E-state index in [4.69, 9.17) is 5.11 Å². The number of nitrogens with one attached hydrogen (secondary N) is 1. The lowest BCUT2D eigenvalue weighted by atomic mass is 9.90. The van der Waals surface area contributed by atoms with Crippen LogP contribution in [-0.4, -0.2) is 41.6 Å². The Labute approximate surface area is 139 Å². The zero-order valence-electron chi connectivity index (χ0n) is 13.4. The average Bonchev–Trinajstić information content (AvgIpc) is 2.55. The summed E-state index contributed by atoms with van der Waals surface area (Å²) in [5.74, 6) is -1.78. The summed E-state index contributed by atoms with van der Waals surface area (Å²) in [6.07, 6.45) is 2.14. The number of rotatable bonds is 6. The SMILES string of the molecule is O=C(O)CCCNC(=O)N1CCC(Cc2c(F)cccc2F)CC1. The van der Waals surface area contributed by atoms with Crippen LogP contribution in [0.25, 0.3) is 0 Å². The summed E-state index contributed by atoms with van der Waals surface area (Å²) in [5, 5.41) is 11.2. The van der Waals surface area contributed by atoms with Crippen molar-refractivity contribution in [2.45, 2.75) is 32.1 Å². The molecular weight excluding hydrogens is 318 g/mol. The van der Waals surface area contributed by atoms with E-state index in [9.17, 15) is 18.4 Å². The number of piperidine rings is 1. The number of carboxylic acids is 1. The van der Waals surface area contributed by atoms with E-state index in [0.29, 0.717) is 45.3 Å². The molecule has 0 aromatic heterocycles. The number of carboxylic acid groups (broad SMARTS) is 1. The standard InChI is InChI=1S/C17H22F2N2O3/c18-14-3-1-4-15(19)13(14)11-12-6-9-21(10-7-12)17(24)20-8-2-5-16(22)23/h1,3-4,12H,2,5-11H2,(H,20,24)(H,22,23). The first kappa shape index (κ1) is 18.2. The maximum absolute atomic E-state index is 13.7. The van der Waals surface area contributed by atoms with Gasteiger partial charge in [0.15, 0.2) is 0 Å². The molecule has 1 aliphatic heterocycles. The number of likely N-dealkylation sites (tertiary alicyclic amines) is 1. The van der Waals surface area contributed by atoms with Crippen molar-refractivity contribution in [2.24, 2.45) is 5.92 Å². The molecule has 2 rings (SSSR count). The second-order valence-corrected chi connectivity index (χ2v) is 6.06. The molecule has 1 saturated heterocycles. The van der Waals surface area contributed by atoms with Gasteiger partial charge in [-0.2, -0.15) is 0 Å². The van der Waals surface area contributed by atoms with Crippen LogP contribution in [0.1, 0.15) is 31.2 Å². The highest BCUT2D eigenvalue weighted by atomic mass is 19.1. The summed E-state index contributed by atoms with van der Waals surface area (Å²) < 4.78 is 27.4. The Morgan fingerprint density at radius 1 is 1.21 bits per heavy atom. The van der Waals surface area contributed by atoms with Crippen LogP contribution in [0.2, 0.25) is 0 Å². The van der Waals surface area contributed by atoms with Crippen LogP contribution in [0, 0.1) is 17.6 Å². The highest BCUT2D eigenvalue weighted by Crippen LogP contribution is 2.24. The number of carbonyl (C=O) groups is 2. The Bertz CT molecular complexity index is 567. The second-order valence-electron chi connectivity index (χ2n) is 6.06. The summed E-state index contributed by atoms with van der Waals surface area (Å²) in [7, 11) is 0. The first-order valence-corrected chi connectivity index (χ1v) is 8.15. The van der Waals surface area contributed by atoms with Crippen molar-refractivity contribution in [3.8, 4) is 0 Å². The van der Waals surface area contributed by atoms with Gasteiger partial charge in [0.25, 0.3) is 0 Å². The van der Waals surface area contributed by atoms with Crippen molar-refractivity contribution in [3.63, 3.8) is 0 Å². The Kier molecular flexibility index (Phi) is 6.52. The number of hydrogen-bond acceptors (Lipinski definition) is 2. The summed E-state index contributed by atoms with van der Waals surface area (Å²) in [6, 6.07) is 3.66. The fourth-order valence-corrected chi connectivity index (χ4v) is 2.90. The Balaban J connectivity index is 1.75. The third-order valence-electron chi connectivity index (χ3n) is 4.30. The number of urea groups is 1. The molecule has 0 atom stereocenters. The lowest BCUT2D eigenvalue weighted by molar-refractivity contribution is -0.137. The van der Waals surface area contributed by atoms with Crippen LogP contribution in [0.5, 0.6) is 0 Å². The molecule has 1 aliphatic rings. The fourth-order valence-electron chi connectivity index (χ4n) is 2.90. The van der Waals surface area contributed by atoms with Crippen molar-refractivity contribution in [2.75, 3.05) is 19.6 Å². The molecule has 0 spiro atoms. The maximum atomic E-state index is 13.7. The minimum atomic E-state index is -0.884. The minimum Gasteiger partial charge on any atom is -0.481 e. The van der Waals surface area contributed by atoms with Crippen LogP contribution in [0.15, 0.2) is 18.2 Å². The summed E-state index contributed by atoms with van der Waals surface area (Å²) in [4.78, 5) is 24.0. The molecule has 0 bridgehead atoms. The second kappa shape index (κ2) is 8.61. The van der Waals surface area contributed by atoms with E-state index in [1.807, 2.05) is 0 Å². The van der Waals surface area contributed by atoms with Gasteiger partial charge in [0.2, 0.25) is 0 Å². The van der Waals surface area contributed by atoms with E-state index in [-0.39, 0.29) is 23.9 Å². The van der Waals surface area contributed by atoms with E-state index in [1.54, 1.807) is 4.90 Å². The third-order valence-corrected chi connectivity index (χ3v) is 4.30. The zero-order valence-corrected chi connectivity index (χ0v) is 13.4. The van der Waals surface area contributed by atoms with Crippen molar-refractivity contribution in [1.82, 2.24) is 10.2 Å². The monoisotopic (exact) mass is 340 g/mol. The van der Waals surface area contributed by atoms with Gasteiger partial charge in [-0.3, -0.25) is 4.79 Å². The first-order chi connectivity index (χ1) is 11.5. The van der Waals surface area contributed by atoms with Gasteiger partial charge in [0, 0.05) is 31.6 Å². The molecule has 1 aromatic carbocycles. The topological polar surface area (TPSA) is 69.6 Å². The average molecular weight is 340 g/mol. The summed E-state index contributed by atoms with van der Waals surface area (Å²) >= 11 is 0. The Morgan fingerprint density at radius 2 is 1.83 bits per heavy atom. The van der Waals surface area contributed by atoms with Crippen molar-refractivity contribution in [3.05, 3.63) is 35.4 Å². The molecular formula is C17H22F2N2O3. The Hall–Kier alpha value is -2.18. The molecule has 2 amide bonds. The number of halogens is 2. The van der Waals surface area contributed by atoms with Crippen LogP contribution in [0.4, 0.5) is 13.6 Å². The predicted molar refractivity (Wildman–Crippen MR) is 84.6 cm³/mol. The third kappa shape index (κ3) is 5.18. The van der Waals surface area contributed by atoms with Gasteiger partial charge in [0.05, 0.1) is 0 Å². The van der Waals surface area contributed by atoms with Crippen LogP contribution < -0.4 is 5.32 Å². The highest BCUT2D eigenvalue weighted by molar-refractivity contribution is 5.74. The molecule has 1 aromatic rings. The quantitative estimate of drug-likeness (QED) is 0.783. The summed E-state index contributed by atoms with van der Waals surface area (Å²) in [5.41, 5.74) is 0.120. The maximum Gasteiger partial charge on any atom is 0.317 e. The molecule has 0 aliphatic carbocycles. The van der Waals surface area contributed by atoms with Crippen molar-refractivity contribution >= 4 is 12.0 Å².